The van der Waals surface area contributed by atoms with E-state index in [1.54, 1.807) is 4.90 Å². The predicted molar refractivity (Wildman–Crippen MR) is 110 cm³/mol. The lowest BCUT2D eigenvalue weighted by Crippen LogP contribution is -2.52. The fourth-order valence-corrected chi connectivity index (χ4v) is 5.24. The Bertz CT molecular complexity index is 964. The van der Waals surface area contributed by atoms with Gasteiger partial charge in [-0.3, -0.25) is 14.3 Å². The van der Waals surface area contributed by atoms with Crippen molar-refractivity contribution in [3.8, 4) is 0 Å². The third-order valence-corrected chi connectivity index (χ3v) is 6.62. The Morgan fingerprint density at radius 1 is 1.07 bits per heavy atom. The molecule has 2 unspecified atom stereocenters. The lowest BCUT2D eigenvalue weighted by molar-refractivity contribution is -0.137. The number of benzene rings is 1. The topological polar surface area (TPSA) is 58.4 Å². The average Bonchev–Trinajstić information content (AvgIpc) is 3.45. The van der Waals surface area contributed by atoms with Crippen LogP contribution in [0.25, 0.3) is 5.57 Å². The van der Waals surface area contributed by atoms with Crippen LogP contribution in [0.2, 0.25) is 0 Å². The van der Waals surface area contributed by atoms with Gasteiger partial charge in [0.05, 0.1) is 11.7 Å². The molecule has 3 aliphatic heterocycles. The Kier molecular flexibility index (Phi) is 4.49. The summed E-state index contributed by atoms with van der Waals surface area (Å²) >= 11 is 0. The van der Waals surface area contributed by atoms with E-state index in [2.05, 4.69) is 16.1 Å². The van der Waals surface area contributed by atoms with Crippen molar-refractivity contribution in [3.05, 3.63) is 59.9 Å². The van der Waals surface area contributed by atoms with Crippen molar-refractivity contribution in [2.75, 3.05) is 6.54 Å². The molecule has 0 radical (unpaired) electrons. The molecule has 2 aromatic rings. The summed E-state index contributed by atoms with van der Waals surface area (Å²) in [7, 11) is 1.96. The lowest BCUT2D eigenvalue weighted by atomic mass is 9.97. The van der Waals surface area contributed by atoms with Crippen molar-refractivity contribution >= 4 is 17.4 Å². The number of likely N-dealkylation sites (tertiary alicyclic amines) is 1. The van der Waals surface area contributed by atoms with Crippen LogP contribution in [0.4, 0.5) is 0 Å². The summed E-state index contributed by atoms with van der Waals surface area (Å²) in [6.45, 7) is 0.656. The van der Waals surface area contributed by atoms with Gasteiger partial charge >= 0.3 is 0 Å². The molecule has 150 valence electrons. The van der Waals surface area contributed by atoms with Crippen molar-refractivity contribution in [1.82, 2.24) is 19.6 Å². The van der Waals surface area contributed by atoms with Crippen molar-refractivity contribution in [2.45, 2.75) is 50.2 Å². The summed E-state index contributed by atoms with van der Waals surface area (Å²) in [6, 6.07) is 11.4. The van der Waals surface area contributed by atoms with E-state index in [1.165, 1.54) is 5.57 Å². The number of rotatable bonds is 3. The van der Waals surface area contributed by atoms with Crippen LogP contribution in [0.1, 0.15) is 48.2 Å². The van der Waals surface area contributed by atoms with E-state index >= 15 is 0 Å². The van der Waals surface area contributed by atoms with E-state index < -0.39 is 0 Å². The van der Waals surface area contributed by atoms with Crippen LogP contribution in [0.5, 0.6) is 0 Å². The second-order valence-corrected chi connectivity index (χ2v) is 8.30. The third kappa shape index (κ3) is 3.07. The van der Waals surface area contributed by atoms with Gasteiger partial charge < -0.3 is 9.80 Å². The standard InChI is InChI=1S/C23H26N4O2/c1-25-20(11-12-24-25)17-14-18-9-10-19(15-17)27(18)23(29)21-8-5-13-26(21)22(28)16-6-3-2-4-7-16/h2-4,6-7,11-12,14,18-19,21H,5,8-10,13,15H2,1H3/t18?,19?,21-/m1/s1. The van der Waals surface area contributed by atoms with Gasteiger partial charge in [0.1, 0.15) is 6.04 Å². The smallest absolute Gasteiger partial charge is 0.254 e. The summed E-state index contributed by atoms with van der Waals surface area (Å²) < 4.78 is 1.90. The third-order valence-electron chi connectivity index (χ3n) is 6.62. The number of hydrogen-bond acceptors (Lipinski definition) is 3. The molecular weight excluding hydrogens is 364 g/mol. The summed E-state index contributed by atoms with van der Waals surface area (Å²) in [5.41, 5.74) is 3.08. The van der Waals surface area contributed by atoms with E-state index in [1.807, 2.05) is 54.3 Å². The van der Waals surface area contributed by atoms with Crippen LogP contribution in [0.15, 0.2) is 48.7 Å². The maximum atomic E-state index is 13.6. The Balaban J connectivity index is 1.37. The highest BCUT2D eigenvalue weighted by molar-refractivity contribution is 5.98. The molecule has 6 heteroatoms. The number of amides is 2. The van der Waals surface area contributed by atoms with Crippen LogP contribution in [-0.2, 0) is 11.8 Å². The zero-order chi connectivity index (χ0) is 20.0. The molecular formula is C23H26N4O2. The van der Waals surface area contributed by atoms with Gasteiger partial charge in [-0.05, 0) is 55.9 Å². The number of aromatic nitrogens is 2. The van der Waals surface area contributed by atoms with Crippen LogP contribution >= 0.6 is 0 Å². The van der Waals surface area contributed by atoms with Gasteiger partial charge in [-0.15, -0.1) is 0 Å². The fourth-order valence-electron chi connectivity index (χ4n) is 5.24. The second kappa shape index (κ2) is 7.17. The number of aryl methyl sites for hydroxylation is 1. The Hall–Kier alpha value is -2.89. The summed E-state index contributed by atoms with van der Waals surface area (Å²) in [6.07, 6.45) is 8.59. The van der Waals surface area contributed by atoms with Gasteiger partial charge in [-0.2, -0.15) is 5.10 Å². The van der Waals surface area contributed by atoms with Gasteiger partial charge in [-0.1, -0.05) is 24.3 Å². The predicted octanol–water partition coefficient (Wildman–Crippen LogP) is 2.87. The monoisotopic (exact) mass is 390 g/mol. The molecule has 29 heavy (non-hydrogen) atoms. The average molecular weight is 390 g/mol. The Morgan fingerprint density at radius 3 is 2.62 bits per heavy atom. The zero-order valence-electron chi connectivity index (χ0n) is 16.7. The van der Waals surface area contributed by atoms with Crippen LogP contribution in [-0.4, -0.2) is 56.1 Å². The Morgan fingerprint density at radius 2 is 1.90 bits per heavy atom. The van der Waals surface area contributed by atoms with E-state index in [-0.39, 0.29) is 29.9 Å². The first kappa shape index (κ1) is 18.2. The Labute approximate surface area is 170 Å². The number of carbonyl (C=O) groups is 2. The molecule has 2 saturated heterocycles. The summed E-state index contributed by atoms with van der Waals surface area (Å²) in [5.74, 6) is 0.0940. The largest absolute Gasteiger partial charge is 0.331 e. The van der Waals surface area contributed by atoms with E-state index in [9.17, 15) is 9.59 Å². The van der Waals surface area contributed by atoms with Gasteiger partial charge in [0.25, 0.3) is 5.91 Å². The molecule has 2 fully saturated rings. The maximum absolute atomic E-state index is 13.6. The second-order valence-electron chi connectivity index (χ2n) is 8.30. The minimum Gasteiger partial charge on any atom is -0.331 e. The molecule has 4 heterocycles. The SMILES string of the molecule is Cn1nccc1C1=CC2CCC(C1)N2C(=O)[C@H]1CCCN1C(=O)c1ccccc1. The van der Waals surface area contributed by atoms with Crippen LogP contribution in [0, 0.1) is 0 Å². The summed E-state index contributed by atoms with van der Waals surface area (Å²) in [4.78, 5) is 30.4. The van der Waals surface area contributed by atoms with Crippen molar-refractivity contribution < 1.29 is 9.59 Å². The molecule has 2 bridgehead atoms. The molecule has 0 saturated carbocycles. The molecule has 3 atom stereocenters. The van der Waals surface area contributed by atoms with Gasteiger partial charge in [0, 0.05) is 31.4 Å². The molecule has 2 amide bonds. The molecule has 3 aliphatic rings. The molecule has 0 N–H and O–H groups in total. The first-order chi connectivity index (χ1) is 14.1. The van der Waals surface area contributed by atoms with Crippen LogP contribution < -0.4 is 0 Å². The lowest BCUT2D eigenvalue weighted by Gasteiger charge is -2.37. The van der Waals surface area contributed by atoms with Gasteiger partial charge in [0.2, 0.25) is 5.91 Å². The molecule has 1 aromatic carbocycles. The number of fused-ring (bicyclic) bond motifs is 2. The van der Waals surface area contributed by atoms with Crippen LogP contribution in [0.3, 0.4) is 0 Å². The minimum absolute atomic E-state index is 0.0306. The minimum atomic E-state index is -0.336. The molecule has 0 spiro atoms. The number of carbonyl (C=O) groups excluding carboxylic acids is 2. The highest BCUT2D eigenvalue weighted by atomic mass is 16.2. The van der Waals surface area contributed by atoms with E-state index in [4.69, 9.17) is 0 Å². The van der Waals surface area contributed by atoms with E-state index in [0.717, 1.165) is 37.8 Å². The first-order valence-corrected chi connectivity index (χ1v) is 10.5. The quantitative estimate of drug-likeness (QED) is 0.810. The maximum Gasteiger partial charge on any atom is 0.254 e. The number of hydrogen-bond donors (Lipinski definition) is 0. The first-order valence-electron chi connectivity index (χ1n) is 10.5. The normalized spacial score (nSPS) is 26.0. The van der Waals surface area contributed by atoms with Crippen molar-refractivity contribution in [1.29, 1.82) is 0 Å². The zero-order valence-corrected chi connectivity index (χ0v) is 16.7. The highest BCUT2D eigenvalue weighted by Gasteiger charge is 2.45. The van der Waals surface area contributed by atoms with Crippen molar-refractivity contribution in [2.24, 2.45) is 7.05 Å². The number of nitrogens with zero attached hydrogens (tertiary/aromatic N) is 4. The summed E-state index contributed by atoms with van der Waals surface area (Å²) in [5, 5.41) is 4.29. The van der Waals surface area contributed by atoms with Crippen molar-refractivity contribution in [3.63, 3.8) is 0 Å². The molecule has 5 rings (SSSR count). The van der Waals surface area contributed by atoms with Gasteiger partial charge in [0.15, 0.2) is 0 Å². The highest BCUT2D eigenvalue weighted by Crippen LogP contribution is 2.39. The molecule has 0 aliphatic carbocycles. The van der Waals surface area contributed by atoms with Gasteiger partial charge in [-0.25, -0.2) is 0 Å². The molecule has 1 aromatic heterocycles. The van der Waals surface area contributed by atoms with E-state index in [0.29, 0.717) is 12.1 Å². The fraction of sp³-hybridized carbons (Fsp3) is 0.435. The molecule has 6 nitrogen and oxygen atoms in total.